The van der Waals surface area contributed by atoms with Crippen molar-refractivity contribution in [1.29, 1.82) is 0 Å². The summed E-state index contributed by atoms with van der Waals surface area (Å²) in [6.45, 7) is 9.18. The molecule has 2 rings (SSSR count). The average Bonchev–Trinajstić information content (AvgIpc) is 2.75. The summed E-state index contributed by atoms with van der Waals surface area (Å²) in [5, 5.41) is 4.23. The fourth-order valence-corrected chi connectivity index (χ4v) is 2.94. The predicted molar refractivity (Wildman–Crippen MR) is 81.4 cm³/mol. The second kappa shape index (κ2) is 6.17. The number of anilines is 1. The van der Waals surface area contributed by atoms with Gasteiger partial charge in [-0.1, -0.05) is 13.8 Å². The van der Waals surface area contributed by atoms with Crippen molar-refractivity contribution < 1.29 is 9.53 Å². The van der Waals surface area contributed by atoms with Gasteiger partial charge in [0.2, 0.25) is 0 Å². The van der Waals surface area contributed by atoms with E-state index in [2.05, 4.69) is 29.1 Å². The van der Waals surface area contributed by atoms with Gasteiger partial charge in [-0.25, -0.2) is 14.8 Å². The number of rotatable bonds is 5. The first kappa shape index (κ1) is 14.7. The minimum absolute atomic E-state index is 0.289. The molecule has 2 heterocycles. The number of esters is 1. The highest BCUT2D eigenvalue weighted by molar-refractivity contribution is 7.20. The SMILES string of the molecule is CCOC(=O)c1sc2ncnc(NCC(C)C)c2c1C. The topological polar surface area (TPSA) is 64.1 Å². The molecular weight excluding hydrogens is 274 g/mol. The third-order valence-electron chi connectivity index (χ3n) is 2.87. The first-order valence-corrected chi connectivity index (χ1v) is 7.51. The lowest BCUT2D eigenvalue weighted by molar-refractivity contribution is 0.0531. The van der Waals surface area contributed by atoms with E-state index in [0.29, 0.717) is 17.4 Å². The van der Waals surface area contributed by atoms with E-state index < -0.39 is 0 Å². The highest BCUT2D eigenvalue weighted by Gasteiger charge is 2.20. The van der Waals surface area contributed by atoms with Crippen LogP contribution in [0.15, 0.2) is 6.33 Å². The Bertz CT molecular complexity index is 622. The van der Waals surface area contributed by atoms with Crippen LogP contribution in [-0.4, -0.2) is 29.1 Å². The van der Waals surface area contributed by atoms with Crippen LogP contribution in [0.25, 0.3) is 10.2 Å². The Morgan fingerprint density at radius 2 is 2.20 bits per heavy atom. The number of aromatic nitrogens is 2. The van der Waals surface area contributed by atoms with Crippen LogP contribution < -0.4 is 5.32 Å². The van der Waals surface area contributed by atoms with E-state index >= 15 is 0 Å². The molecule has 0 saturated heterocycles. The Morgan fingerprint density at radius 1 is 1.45 bits per heavy atom. The molecule has 6 heteroatoms. The van der Waals surface area contributed by atoms with E-state index in [4.69, 9.17) is 4.74 Å². The lowest BCUT2D eigenvalue weighted by atomic mass is 10.2. The quantitative estimate of drug-likeness (QED) is 0.857. The summed E-state index contributed by atoms with van der Waals surface area (Å²) >= 11 is 1.35. The molecule has 0 fully saturated rings. The van der Waals surface area contributed by atoms with Crippen molar-refractivity contribution >= 4 is 33.3 Å². The van der Waals surface area contributed by atoms with Crippen molar-refractivity contribution in [1.82, 2.24) is 9.97 Å². The maximum Gasteiger partial charge on any atom is 0.348 e. The van der Waals surface area contributed by atoms with Gasteiger partial charge in [0.05, 0.1) is 12.0 Å². The Labute approximate surface area is 122 Å². The predicted octanol–water partition coefficient (Wildman–Crippen LogP) is 3.24. The molecule has 0 aliphatic rings. The summed E-state index contributed by atoms with van der Waals surface area (Å²) in [5.41, 5.74) is 0.885. The molecule has 2 aromatic heterocycles. The molecule has 0 spiro atoms. The van der Waals surface area contributed by atoms with Crippen molar-refractivity contribution in [2.24, 2.45) is 5.92 Å². The molecule has 20 heavy (non-hydrogen) atoms. The second-order valence-electron chi connectivity index (χ2n) is 4.95. The van der Waals surface area contributed by atoms with E-state index in [9.17, 15) is 4.79 Å². The van der Waals surface area contributed by atoms with Crippen LogP contribution in [0.5, 0.6) is 0 Å². The zero-order valence-corrected chi connectivity index (χ0v) is 13.0. The molecule has 5 nitrogen and oxygen atoms in total. The van der Waals surface area contributed by atoms with Gasteiger partial charge < -0.3 is 10.1 Å². The van der Waals surface area contributed by atoms with Crippen LogP contribution in [-0.2, 0) is 4.74 Å². The highest BCUT2D eigenvalue weighted by atomic mass is 32.1. The van der Waals surface area contributed by atoms with E-state index in [-0.39, 0.29) is 5.97 Å². The van der Waals surface area contributed by atoms with Gasteiger partial charge in [0.25, 0.3) is 0 Å². The zero-order chi connectivity index (χ0) is 14.7. The van der Waals surface area contributed by atoms with Crippen LogP contribution in [0.3, 0.4) is 0 Å². The Morgan fingerprint density at radius 3 is 2.85 bits per heavy atom. The first-order valence-electron chi connectivity index (χ1n) is 6.69. The number of nitrogens with one attached hydrogen (secondary N) is 1. The third-order valence-corrected chi connectivity index (χ3v) is 4.05. The molecule has 108 valence electrons. The minimum Gasteiger partial charge on any atom is -0.462 e. The van der Waals surface area contributed by atoms with Gasteiger partial charge in [0.1, 0.15) is 21.9 Å². The molecule has 0 aliphatic heterocycles. The Hall–Kier alpha value is -1.69. The fraction of sp³-hybridized carbons (Fsp3) is 0.500. The van der Waals surface area contributed by atoms with Gasteiger partial charge in [0.15, 0.2) is 0 Å². The zero-order valence-electron chi connectivity index (χ0n) is 12.2. The number of hydrogen-bond donors (Lipinski definition) is 1. The standard InChI is InChI=1S/C14H19N3O2S/c1-5-19-14(18)11-9(4)10-12(15-6-8(2)3)16-7-17-13(10)20-11/h7-8H,5-6H2,1-4H3,(H,15,16,17). The third kappa shape index (κ3) is 2.90. The second-order valence-corrected chi connectivity index (χ2v) is 5.95. The molecule has 1 N–H and O–H groups in total. The lowest BCUT2D eigenvalue weighted by Gasteiger charge is -2.09. The van der Waals surface area contributed by atoms with E-state index in [1.165, 1.54) is 17.7 Å². The molecule has 0 amide bonds. The van der Waals surface area contributed by atoms with Gasteiger partial charge in [-0.2, -0.15) is 0 Å². The van der Waals surface area contributed by atoms with Crippen molar-refractivity contribution in [3.63, 3.8) is 0 Å². The molecule has 0 unspecified atom stereocenters. The van der Waals surface area contributed by atoms with Crippen molar-refractivity contribution in [2.75, 3.05) is 18.5 Å². The summed E-state index contributed by atoms with van der Waals surface area (Å²) in [6.07, 6.45) is 1.52. The summed E-state index contributed by atoms with van der Waals surface area (Å²) in [7, 11) is 0. The largest absolute Gasteiger partial charge is 0.462 e. The Balaban J connectivity index is 2.43. The van der Waals surface area contributed by atoms with Gasteiger partial charge in [-0.05, 0) is 25.3 Å². The van der Waals surface area contributed by atoms with Crippen LogP contribution in [0.1, 0.15) is 36.0 Å². The fourth-order valence-electron chi connectivity index (χ4n) is 1.90. The smallest absolute Gasteiger partial charge is 0.348 e. The van der Waals surface area contributed by atoms with Crippen LogP contribution in [0.2, 0.25) is 0 Å². The number of nitrogens with zero attached hydrogens (tertiary/aromatic N) is 2. The molecular formula is C14H19N3O2S. The number of carbonyl (C=O) groups is 1. The Kier molecular flexibility index (Phi) is 4.54. The lowest BCUT2D eigenvalue weighted by Crippen LogP contribution is -2.09. The first-order chi connectivity index (χ1) is 9.54. The number of ether oxygens (including phenoxy) is 1. The molecule has 0 aromatic carbocycles. The van der Waals surface area contributed by atoms with Crippen molar-refractivity contribution in [3.8, 4) is 0 Å². The summed E-state index contributed by atoms with van der Waals surface area (Å²) in [4.78, 5) is 21.9. The monoisotopic (exact) mass is 293 g/mol. The van der Waals surface area contributed by atoms with Gasteiger partial charge in [-0.3, -0.25) is 0 Å². The maximum absolute atomic E-state index is 11.9. The highest BCUT2D eigenvalue weighted by Crippen LogP contribution is 2.33. The molecule has 0 aliphatic carbocycles. The van der Waals surface area contributed by atoms with E-state index in [0.717, 1.165) is 28.1 Å². The number of thiophene rings is 1. The van der Waals surface area contributed by atoms with E-state index in [1.54, 1.807) is 6.92 Å². The van der Waals surface area contributed by atoms with E-state index in [1.807, 2.05) is 6.92 Å². The number of carbonyl (C=O) groups excluding carboxylic acids is 1. The molecule has 0 atom stereocenters. The molecule has 2 aromatic rings. The van der Waals surface area contributed by atoms with Crippen LogP contribution >= 0.6 is 11.3 Å². The summed E-state index contributed by atoms with van der Waals surface area (Å²) in [6, 6.07) is 0. The van der Waals surface area contributed by atoms with Gasteiger partial charge in [0, 0.05) is 6.54 Å². The molecule has 0 radical (unpaired) electrons. The molecule has 0 bridgehead atoms. The normalized spacial score (nSPS) is 11.1. The maximum atomic E-state index is 11.9. The number of hydrogen-bond acceptors (Lipinski definition) is 6. The number of fused-ring (bicyclic) bond motifs is 1. The van der Waals surface area contributed by atoms with Gasteiger partial charge >= 0.3 is 5.97 Å². The van der Waals surface area contributed by atoms with Crippen LogP contribution in [0, 0.1) is 12.8 Å². The van der Waals surface area contributed by atoms with Crippen molar-refractivity contribution in [2.45, 2.75) is 27.7 Å². The van der Waals surface area contributed by atoms with Crippen LogP contribution in [0.4, 0.5) is 5.82 Å². The number of aryl methyl sites for hydroxylation is 1. The minimum atomic E-state index is -0.289. The average molecular weight is 293 g/mol. The summed E-state index contributed by atoms with van der Waals surface area (Å²) < 4.78 is 5.08. The molecule has 0 saturated carbocycles. The van der Waals surface area contributed by atoms with Crippen molar-refractivity contribution in [3.05, 3.63) is 16.8 Å². The summed E-state index contributed by atoms with van der Waals surface area (Å²) in [5.74, 6) is 1.01. The van der Waals surface area contributed by atoms with Gasteiger partial charge in [-0.15, -0.1) is 11.3 Å².